The number of anilines is 1. The normalized spacial score (nSPS) is 12.4. The molecule has 0 radical (unpaired) electrons. The van der Waals surface area contributed by atoms with E-state index in [2.05, 4.69) is 36.5 Å². The van der Waals surface area contributed by atoms with Crippen molar-refractivity contribution < 1.29 is 4.79 Å². The molecule has 1 amide bonds. The van der Waals surface area contributed by atoms with Crippen molar-refractivity contribution in [2.24, 2.45) is 11.0 Å². The van der Waals surface area contributed by atoms with Crippen molar-refractivity contribution in [2.75, 3.05) is 19.0 Å². The van der Waals surface area contributed by atoms with Crippen molar-refractivity contribution in [1.82, 2.24) is 5.43 Å². The fourth-order valence-corrected chi connectivity index (χ4v) is 2.69. The van der Waals surface area contributed by atoms with Crippen LogP contribution in [0.1, 0.15) is 43.4 Å². The summed E-state index contributed by atoms with van der Waals surface area (Å²) in [6.45, 7) is 6.31. The lowest BCUT2D eigenvalue weighted by molar-refractivity contribution is -0.122. The molecule has 2 aromatic rings. The average molecular weight is 351 g/mol. The minimum atomic E-state index is -0.239. The van der Waals surface area contributed by atoms with Crippen LogP contribution in [-0.4, -0.2) is 26.2 Å². The number of hydrazone groups is 1. The van der Waals surface area contributed by atoms with Crippen LogP contribution in [0, 0.1) is 5.92 Å². The molecule has 0 aliphatic rings. The Hall–Kier alpha value is -2.62. The molecule has 138 valence electrons. The molecule has 0 saturated carbocycles. The number of nitrogens with zero attached hydrogens (tertiary/aromatic N) is 2. The van der Waals surface area contributed by atoms with Crippen LogP contribution in [0.4, 0.5) is 5.69 Å². The van der Waals surface area contributed by atoms with Gasteiger partial charge in [-0.3, -0.25) is 4.79 Å². The minimum Gasteiger partial charge on any atom is -0.378 e. The van der Waals surface area contributed by atoms with Crippen LogP contribution in [0.5, 0.6) is 0 Å². The molecule has 0 unspecified atom stereocenters. The third-order valence-corrected chi connectivity index (χ3v) is 4.31. The maximum absolute atomic E-state index is 12.3. The van der Waals surface area contributed by atoms with E-state index in [9.17, 15) is 4.79 Å². The first-order chi connectivity index (χ1) is 12.4. The van der Waals surface area contributed by atoms with Crippen LogP contribution in [0.25, 0.3) is 0 Å². The summed E-state index contributed by atoms with van der Waals surface area (Å²) < 4.78 is 0. The van der Waals surface area contributed by atoms with Crippen LogP contribution in [0.2, 0.25) is 0 Å². The van der Waals surface area contributed by atoms with Gasteiger partial charge in [-0.05, 0) is 48.1 Å². The third-order valence-electron chi connectivity index (χ3n) is 4.31. The highest BCUT2D eigenvalue weighted by Gasteiger charge is 2.14. The Labute approximate surface area is 156 Å². The molecule has 0 fully saturated rings. The molecule has 1 atom stereocenters. The average Bonchev–Trinajstić information content (AvgIpc) is 2.61. The molecular weight excluding hydrogens is 322 g/mol. The van der Waals surface area contributed by atoms with E-state index in [1.54, 1.807) is 6.21 Å². The van der Waals surface area contributed by atoms with Crippen LogP contribution in [0.3, 0.4) is 0 Å². The smallest absolute Gasteiger partial charge is 0.247 e. The first kappa shape index (κ1) is 19.7. The fraction of sp³-hybridized carbons (Fsp3) is 0.364. The predicted octanol–water partition coefficient (Wildman–Crippen LogP) is 4.20. The van der Waals surface area contributed by atoms with Gasteiger partial charge in [0.15, 0.2) is 0 Å². The van der Waals surface area contributed by atoms with Gasteiger partial charge in [0.25, 0.3) is 0 Å². The summed E-state index contributed by atoms with van der Waals surface area (Å²) in [5, 5.41) is 4.08. The maximum atomic E-state index is 12.3. The highest BCUT2D eigenvalue weighted by Crippen LogP contribution is 2.17. The summed E-state index contributed by atoms with van der Waals surface area (Å²) >= 11 is 0. The molecular formula is C22H29N3O. The molecule has 0 bridgehead atoms. The second kappa shape index (κ2) is 9.18. The van der Waals surface area contributed by atoms with Crippen molar-refractivity contribution in [3.63, 3.8) is 0 Å². The van der Waals surface area contributed by atoms with Crippen molar-refractivity contribution in [1.29, 1.82) is 0 Å². The molecule has 0 aromatic heterocycles. The molecule has 26 heavy (non-hydrogen) atoms. The summed E-state index contributed by atoms with van der Waals surface area (Å²) in [4.78, 5) is 14.3. The second-order valence-corrected chi connectivity index (χ2v) is 7.28. The zero-order valence-electron chi connectivity index (χ0n) is 16.4. The highest BCUT2D eigenvalue weighted by atomic mass is 16.2. The number of nitrogens with one attached hydrogen (secondary N) is 1. The van der Waals surface area contributed by atoms with Crippen molar-refractivity contribution in [2.45, 2.75) is 33.1 Å². The van der Waals surface area contributed by atoms with E-state index in [1.807, 2.05) is 62.3 Å². The molecule has 0 spiro atoms. The van der Waals surface area contributed by atoms with Crippen molar-refractivity contribution in [3.8, 4) is 0 Å². The Morgan fingerprint density at radius 3 is 2.19 bits per heavy atom. The lowest BCUT2D eigenvalue weighted by atomic mass is 9.96. The van der Waals surface area contributed by atoms with Gasteiger partial charge in [0.2, 0.25) is 5.91 Å². The summed E-state index contributed by atoms with van der Waals surface area (Å²) in [5.41, 5.74) is 7.01. The van der Waals surface area contributed by atoms with E-state index < -0.39 is 0 Å². The van der Waals surface area contributed by atoms with E-state index in [4.69, 9.17) is 0 Å². The third kappa shape index (κ3) is 5.73. The molecule has 0 aliphatic heterocycles. The van der Waals surface area contributed by atoms with Crippen LogP contribution < -0.4 is 10.3 Å². The first-order valence-electron chi connectivity index (χ1n) is 9.06. The number of carbonyl (C=O) groups excluding carboxylic acids is 1. The predicted molar refractivity (Wildman–Crippen MR) is 110 cm³/mol. The first-order valence-corrected chi connectivity index (χ1v) is 9.06. The summed E-state index contributed by atoms with van der Waals surface area (Å²) in [6.07, 6.45) is 2.72. The summed E-state index contributed by atoms with van der Waals surface area (Å²) in [6, 6.07) is 16.3. The Morgan fingerprint density at radius 1 is 1.04 bits per heavy atom. The van der Waals surface area contributed by atoms with Gasteiger partial charge in [0, 0.05) is 19.8 Å². The highest BCUT2D eigenvalue weighted by molar-refractivity contribution is 5.86. The van der Waals surface area contributed by atoms with E-state index >= 15 is 0 Å². The monoisotopic (exact) mass is 351 g/mol. The van der Waals surface area contributed by atoms with Crippen LogP contribution in [-0.2, 0) is 11.2 Å². The Balaban J connectivity index is 1.92. The van der Waals surface area contributed by atoms with Gasteiger partial charge in [-0.1, -0.05) is 50.2 Å². The lowest BCUT2D eigenvalue weighted by Crippen LogP contribution is -2.23. The van der Waals surface area contributed by atoms with Gasteiger partial charge in [-0.2, -0.15) is 5.10 Å². The summed E-state index contributed by atoms with van der Waals surface area (Å²) in [7, 11) is 4.00. The number of hydrogen-bond donors (Lipinski definition) is 1. The zero-order chi connectivity index (χ0) is 19.1. The lowest BCUT2D eigenvalue weighted by Gasteiger charge is -2.12. The minimum absolute atomic E-state index is 0.109. The van der Waals surface area contributed by atoms with Gasteiger partial charge in [0.1, 0.15) is 0 Å². The molecule has 0 aliphatic carbocycles. The summed E-state index contributed by atoms with van der Waals surface area (Å²) in [5.74, 6) is 0.279. The largest absolute Gasteiger partial charge is 0.378 e. The van der Waals surface area contributed by atoms with Crippen LogP contribution in [0.15, 0.2) is 53.6 Å². The zero-order valence-corrected chi connectivity index (χ0v) is 16.4. The number of hydrogen-bond acceptors (Lipinski definition) is 3. The number of benzene rings is 2. The Morgan fingerprint density at radius 2 is 1.65 bits per heavy atom. The fourth-order valence-electron chi connectivity index (χ4n) is 2.69. The van der Waals surface area contributed by atoms with E-state index in [-0.39, 0.29) is 11.8 Å². The van der Waals surface area contributed by atoms with Gasteiger partial charge >= 0.3 is 0 Å². The van der Waals surface area contributed by atoms with Gasteiger partial charge in [-0.15, -0.1) is 0 Å². The number of amides is 1. The standard InChI is InChI=1S/C22H29N3O/c1-16(2)14-18-6-10-20(11-7-18)17(3)22(26)24-23-15-19-8-12-21(13-9-19)25(4)5/h6-13,15-17H,14H2,1-5H3,(H,24,26)/b23-15-/t17-/m0/s1. The van der Waals surface area contributed by atoms with Gasteiger partial charge < -0.3 is 4.90 Å². The SMILES string of the molecule is CC(C)Cc1ccc([C@H](C)C(=O)N/N=C\c2ccc(N(C)C)cc2)cc1. The van der Waals surface area contributed by atoms with Gasteiger partial charge in [-0.25, -0.2) is 5.43 Å². The maximum Gasteiger partial charge on any atom is 0.247 e. The Bertz CT molecular complexity index is 731. The number of carbonyl (C=O) groups is 1. The topological polar surface area (TPSA) is 44.7 Å². The molecule has 2 rings (SSSR count). The van der Waals surface area contributed by atoms with Crippen molar-refractivity contribution >= 4 is 17.8 Å². The van der Waals surface area contributed by atoms with Crippen LogP contribution >= 0.6 is 0 Å². The molecule has 0 heterocycles. The Kier molecular flexibility index (Phi) is 6.96. The number of rotatable bonds is 7. The molecule has 4 heteroatoms. The van der Waals surface area contributed by atoms with E-state index in [0.717, 1.165) is 23.2 Å². The molecule has 1 N–H and O–H groups in total. The van der Waals surface area contributed by atoms with Gasteiger partial charge in [0.05, 0.1) is 12.1 Å². The van der Waals surface area contributed by atoms with E-state index in [0.29, 0.717) is 5.92 Å². The van der Waals surface area contributed by atoms with E-state index in [1.165, 1.54) is 5.56 Å². The molecule has 0 saturated heterocycles. The second-order valence-electron chi connectivity index (χ2n) is 7.28. The molecule has 2 aromatic carbocycles. The van der Waals surface area contributed by atoms with Crippen molar-refractivity contribution in [3.05, 3.63) is 65.2 Å². The molecule has 4 nitrogen and oxygen atoms in total. The quantitative estimate of drug-likeness (QED) is 0.600.